The first kappa shape index (κ1) is 11.1. The number of benzene rings is 1. The van der Waals surface area contributed by atoms with E-state index in [0.717, 1.165) is 6.07 Å². The standard InChI is InChI=1S/C8H4ClNO5/c9-4-2-1-3-5(10(14)15)6(4)7(11)8(12)13/h1-3H,(H,12,13). The smallest absolute Gasteiger partial charge is 0.377 e. The number of aliphatic carboxylic acids is 1. The van der Waals surface area contributed by atoms with Gasteiger partial charge in [-0.1, -0.05) is 17.7 Å². The summed E-state index contributed by atoms with van der Waals surface area (Å²) in [5, 5.41) is 18.7. The fraction of sp³-hybridized carbons (Fsp3) is 0. The zero-order valence-electron chi connectivity index (χ0n) is 7.14. The maximum Gasteiger partial charge on any atom is 0.377 e. The van der Waals surface area contributed by atoms with Crippen LogP contribution in [0.4, 0.5) is 5.69 Å². The van der Waals surface area contributed by atoms with Crippen LogP contribution in [0.15, 0.2) is 18.2 Å². The van der Waals surface area contributed by atoms with Crippen LogP contribution >= 0.6 is 11.6 Å². The van der Waals surface area contributed by atoms with Gasteiger partial charge in [-0.25, -0.2) is 4.79 Å². The third-order valence-electron chi connectivity index (χ3n) is 1.61. The van der Waals surface area contributed by atoms with Crippen molar-refractivity contribution in [1.29, 1.82) is 0 Å². The number of rotatable bonds is 3. The van der Waals surface area contributed by atoms with E-state index in [-0.39, 0.29) is 5.02 Å². The van der Waals surface area contributed by atoms with Crippen LogP contribution in [0.25, 0.3) is 0 Å². The molecule has 78 valence electrons. The van der Waals surface area contributed by atoms with Gasteiger partial charge in [-0.3, -0.25) is 14.9 Å². The molecule has 0 bridgehead atoms. The van der Waals surface area contributed by atoms with Gasteiger partial charge in [0.1, 0.15) is 5.56 Å². The molecule has 1 aromatic carbocycles. The average molecular weight is 230 g/mol. The highest BCUT2D eigenvalue weighted by Gasteiger charge is 2.27. The predicted octanol–water partition coefficient (Wildman–Crippen LogP) is 1.52. The van der Waals surface area contributed by atoms with Gasteiger partial charge < -0.3 is 5.11 Å². The van der Waals surface area contributed by atoms with Crippen LogP contribution in [0, 0.1) is 10.1 Å². The quantitative estimate of drug-likeness (QED) is 0.367. The van der Waals surface area contributed by atoms with Crippen LogP contribution in [0.2, 0.25) is 5.02 Å². The van der Waals surface area contributed by atoms with Crippen molar-refractivity contribution in [2.45, 2.75) is 0 Å². The third-order valence-corrected chi connectivity index (χ3v) is 1.92. The van der Waals surface area contributed by atoms with Crippen LogP contribution in [0.5, 0.6) is 0 Å². The Hall–Kier alpha value is -1.95. The number of hydrogen-bond donors (Lipinski definition) is 1. The van der Waals surface area contributed by atoms with E-state index >= 15 is 0 Å². The molecule has 1 N–H and O–H groups in total. The number of carboxylic acids is 1. The molecule has 0 aliphatic carbocycles. The van der Waals surface area contributed by atoms with E-state index < -0.39 is 27.9 Å². The summed E-state index contributed by atoms with van der Waals surface area (Å²) in [6.07, 6.45) is 0. The highest BCUT2D eigenvalue weighted by molar-refractivity contribution is 6.46. The summed E-state index contributed by atoms with van der Waals surface area (Å²) in [7, 11) is 0. The van der Waals surface area contributed by atoms with Gasteiger partial charge >= 0.3 is 5.97 Å². The van der Waals surface area contributed by atoms with Gasteiger partial charge in [-0.05, 0) is 6.07 Å². The van der Waals surface area contributed by atoms with Crippen molar-refractivity contribution in [3.05, 3.63) is 38.9 Å². The van der Waals surface area contributed by atoms with Crippen molar-refractivity contribution < 1.29 is 19.6 Å². The summed E-state index contributed by atoms with van der Waals surface area (Å²) in [6, 6.07) is 3.49. The SMILES string of the molecule is O=C(O)C(=O)c1c(Cl)cccc1[N+](=O)[O-]. The van der Waals surface area contributed by atoms with E-state index in [1.807, 2.05) is 0 Å². The number of Topliss-reactive ketones (excluding diaryl/α,β-unsaturated/α-hetero) is 1. The van der Waals surface area contributed by atoms with Crippen LogP contribution < -0.4 is 0 Å². The molecule has 0 aromatic heterocycles. The number of halogens is 1. The van der Waals surface area contributed by atoms with Crippen molar-refractivity contribution in [3.63, 3.8) is 0 Å². The lowest BCUT2D eigenvalue weighted by atomic mass is 10.1. The summed E-state index contributed by atoms with van der Waals surface area (Å²) < 4.78 is 0. The molecule has 1 aromatic rings. The van der Waals surface area contributed by atoms with Gasteiger partial charge in [0, 0.05) is 6.07 Å². The van der Waals surface area contributed by atoms with Gasteiger partial charge in [0.2, 0.25) is 0 Å². The van der Waals surface area contributed by atoms with Gasteiger partial charge in [-0.2, -0.15) is 0 Å². The zero-order valence-corrected chi connectivity index (χ0v) is 7.89. The summed E-state index contributed by atoms with van der Waals surface area (Å²) in [5.74, 6) is -3.18. The Morgan fingerprint density at radius 1 is 1.40 bits per heavy atom. The lowest BCUT2D eigenvalue weighted by Crippen LogP contribution is -2.15. The number of nitro groups is 1. The molecule has 0 atom stereocenters. The fourth-order valence-electron chi connectivity index (χ4n) is 0.997. The van der Waals surface area contributed by atoms with Crippen molar-refractivity contribution in [1.82, 2.24) is 0 Å². The molecule has 0 heterocycles. The van der Waals surface area contributed by atoms with Crippen LogP contribution in [-0.4, -0.2) is 21.8 Å². The molecule has 0 spiro atoms. The molecule has 0 saturated heterocycles. The van der Waals surface area contributed by atoms with Crippen molar-refractivity contribution >= 4 is 29.0 Å². The Morgan fingerprint density at radius 2 is 2.00 bits per heavy atom. The summed E-state index contributed by atoms with van der Waals surface area (Å²) in [6.45, 7) is 0. The van der Waals surface area contributed by atoms with Gasteiger partial charge in [-0.15, -0.1) is 0 Å². The lowest BCUT2D eigenvalue weighted by molar-refractivity contribution is -0.385. The molecule has 0 aliphatic rings. The number of ketones is 1. The Balaban J connectivity index is 3.44. The monoisotopic (exact) mass is 229 g/mol. The van der Waals surface area contributed by atoms with Crippen molar-refractivity contribution in [2.24, 2.45) is 0 Å². The third kappa shape index (κ3) is 2.10. The highest BCUT2D eigenvalue weighted by Crippen LogP contribution is 2.26. The number of carbonyl (C=O) groups is 2. The first-order valence-electron chi connectivity index (χ1n) is 3.65. The number of carboxylic acid groups (broad SMARTS) is 1. The minimum Gasteiger partial charge on any atom is -0.475 e. The van der Waals surface area contributed by atoms with E-state index in [9.17, 15) is 19.7 Å². The van der Waals surface area contributed by atoms with Crippen LogP contribution in [0.3, 0.4) is 0 Å². The van der Waals surface area contributed by atoms with Crippen molar-refractivity contribution in [3.8, 4) is 0 Å². The summed E-state index contributed by atoms with van der Waals surface area (Å²) >= 11 is 5.52. The number of nitro benzene ring substituents is 1. The van der Waals surface area contributed by atoms with E-state index in [2.05, 4.69) is 0 Å². The second-order valence-electron chi connectivity index (χ2n) is 2.53. The molecule has 15 heavy (non-hydrogen) atoms. The van der Waals surface area contributed by atoms with E-state index in [4.69, 9.17) is 16.7 Å². The van der Waals surface area contributed by atoms with E-state index in [0.29, 0.717) is 0 Å². The molecule has 0 amide bonds. The van der Waals surface area contributed by atoms with E-state index in [1.165, 1.54) is 12.1 Å². The van der Waals surface area contributed by atoms with Gasteiger partial charge in [0.05, 0.1) is 9.95 Å². The number of carbonyl (C=O) groups excluding carboxylic acids is 1. The van der Waals surface area contributed by atoms with Gasteiger partial charge in [0.25, 0.3) is 11.5 Å². The maximum atomic E-state index is 11.1. The molecule has 0 fully saturated rings. The van der Waals surface area contributed by atoms with E-state index in [1.54, 1.807) is 0 Å². The summed E-state index contributed by atoms with van der Waals surface area (Å²) in [4.78, 5) is 31.1. The topological polar surface area (TPSA) is 97.5 Å². The predicted molar refractivity (Wildman–Crippen MR) is 50.1 cm³/mol. The largest absolute Gasteiger partial charge is 0.475 e. The molecule has 0 saturated carbocycles. The molecule has 6 nitrogen and oxygen atoms in total. The first-order valence-corrected chi connectivity index (χ1v) is 4.03. The average Bonchev–Trinajstić information content (AvgIpc) is 2.16. The molecule has 1 rings (SSSR count). The Morgan fingerprint density at radius 3 is 2.47 bits per heavy atom. The zero-order chi connectivity index (χ0) is 11.6. The summed E-state index contributed by atoms with van der Waals surface area (Å²) in [5.41, 5.74) is -1.22. The van der Waals surface area contributed by atoms with Gasteiger partial charge in [0.15, 0.2) is 0 Å². The Kier molecular flexibility index (Phi) is 3.01. The number of hydrogen-bond acceptors (Lipinski definition) is 4. The van der Waals surface area contributed by atoms with Crippen LogP contribution in [0.1, 0.15) is 10.4 Å². The normalized spacial score (nSPS) is 9.67. The second kappa shape index (κ2) is 4.05. The highest BCUT2D eigenvalue weighted by atomic mass is 35.5. The minimum absolute atomic E-state index is 0.253. The Labute approximate surface area is 88.2 Å². The Bertz CT molecular complexity index is 456. The second-order valence-corrected chi connectivity index (χ2v) is 2.93. The number of nitrogens with zero attached hydrogens (tertiary/aromatic N) is 1. The lowest BCUT2D eigenvalue weighted by Gasteiger charge is -2.00. The minimum atomic E-state index is -1.79. The molecule has 0 unspecified atom stereocenters. The van der Waals surface area contributed by atoms with Crippen molar-refractivity contribution in [2.75, 3.05) is 0 Å². The molecule has 7 heteroatoms. The molecular formula is C8H4ClNO5. The fourth-order valence-corrected chi connectivity index (χ4v) is 1.25. The maximum absolute atomic E-state index is 11.1. The molecule has 0 radical (unpaired) electrons. The van der Waals surface area contributed by atoms with Crippen LogP contribution in [-0.2, 0) is 4.79 Å². The molecule has 0 aliphatic heterocycles. The first-order chi connectivity index (χ1) is 6.95. The molecular weight excluding hydrogens is 226 g/mol.